The molecule has 0 aliphatic heterocycles. The Morgan fingerprint density at radius 2 is 1.83 bits per heavy atom. The van der Waals surface area contributed by atoms with Crippen molar-refractivity contribution in [2.75, 3.05) is 0 Å². The van der Waals surface area contributed by atoms with Gasteiger partial charge < -0.3 is 0 Å². The van der Waals surface area contributed by atoms with Gasteiger partial charge in [0.05, 0.1) is 0 Å². The van der Waals surface area contributed by atoms with Crippen LogP contribution in [0.5, 0.6) is 0 Å². The highest BCUT2D eigenvalue weighted by molar-refractivity contribution is 6.34. The van der Waals surface area contributed by atoms with Crippen molar-refractivity contribution in [2.45, 2.75) is 12.3 Å². The molecule has 1 unspecified atom stereocenters. The number of ketones is 1. The molecule has 0 fully saturated rings. The minimum absolute atomic E-state index is 0.278. The minimum atomic E-state index is -0.785. The van der Waals surface area contributed by atoms with Crippen LogP contribution < -0.4 is 0 Å². The third kappa shape index (κ3) is 2.59. The van der Waals surface area contributed by atoms with Crippen molar-refractivity contribution in [1.82, 2.24) is 0 Å². The molecule has 18 heavy (non-hydrogen) atoms. The molecule has 0 amide bonds. The van der Waals surface area contributed by atoms with Gasteiger partial charge in [0.1, 0.15) is 11.2 Å². The summed E-state index contributed by atoms with van der Waals surface area (Å²) in [5.74, 6) is -0.708. The molecular formula is C15H12ClFO. The summed E-state index contributed by atoms with van der Waals surface area (Å²) in [6.45, 7) is 1.77. The topological polar surface area (TPSA) is 17.1 Å². The fourth-order valence-corrected chi connectivity index (χ4v) is 2.03. The van der Waals surface area contributed by atoms with Gasteiger partial charge in [-0.3, -0.25) is 4.79 Å². The highest BCUT2D eigenvalue weighted by atomic mass is 35.5. The zero-order chi connectivity index (χ0) is 13.1. The van der Waals surface area contributed by atoms with Gasteiger partial charge in [-0.15, -0.1) is 11.6 Å². The van der Waals surface area contributed by atoms with Crippen LogP contribution in [-0.4, -0.2) is 5.78 Å². The number of alkyl halides is 1. The molecule has 0 spiro atoms. The molecule has 0 heterocycles. The standard InChI is InChI=1S/C15H12ClFO/c1-10-7-8-12(17)9-13(10)15(18)14(16)11-5-3-2-4-6-11/h2-9,14H,1H3. The quantitative estimate of drug-likeness (QED) is 0.595. The fraction of sp³-hybridized carbons (Fsp3) is 0.133. The number of halogens is 2. The number of carbonyl (C=O) groups excluding carboxylic acids is 1. The summed E-state index contributed by atoms with van der Waals surface area (Å²) in [5, 5.41) is -0.785. The lowest BCUT2D eigenvalue weighted by molar-refractivity contribution is 0.0986. The number of carbonyl (C=O) groups is 1. The Kier molecular flexibility index (Phi) is 3.78. The summed E-state index contributed by atoms with van der Waals surface area (Å²) in [6, 6.07) is 13.2. The Hall–Kier alpha value is -1.67. The Morgan fingerprint density at radius 1 is 1.17 bits per heavy atom. The second-order valence-corrected chi connectivity index (χ2v) is 4.53. The maximum atomic E-state index is 13.2. The third-order valence-corrected chi connectivity index (χ3v) is 3.24. The van der Waals surface area contributed by atoms with Crippen molar-refractivity contribution in [2.24, 2.45) is 0 Å². The molecule has 0 saturated carbocycles. The Morgan fingerprint density at radius 3 is 2.50 bits per heavy atom. The molecule has 0 aliphatic carbocycles. The first-order chi connectivity index (χ1) is 8.59. The predicted molar refractivity (Wildman–Crippen MR) is 70.5 cm³/mol. The molecule has 0 N–H and O–H groups in total. The molecule has 92 valence electrons. The van der Waals surface area contributed by atoms with E-state index in [0.717, 1.165) is 5.56 Å². The van der Waals surface area contributed by atoms with Crippen molar-refractivity contribution < 1.29 is 9.18 Å². The lowest BCUT2D eigenvalue weighted by atomic mass is 9.99. The molecule has 0 saturated heterocycles. The van der Waals surface area contributed by atoms with E-state index in [-0.39, 0.29) is 5.78 Å². The molecule has 0 aliphatic rings. The Balaban J connectivity index is 2.34. The van der Waals surface area contributed by atoms with E-state index in [1.165, 1.54) is 12.1 Å². The van der Waals surface area contributed by atoms with Crippen molar-refractivity contribution in [3.8, 4) is 0 Å². The lowest BCUT2D eigenvalue weighted by Crippen LogP contribution is -2.09. The summed E-state index contributed by atoms with van der Waals surface area (Å²) >= 11 is 6.14. The fourth-order valence-electron chi connectivity index (χ4n) is 1.77. The average molecular weight is 263 g/mol. The molecule has 0 aromatic heterocycles. The van der Waals surface area contributed by atoms with Crippen LogP contribution in [0.3, 0.4) is 0 Å². The van der Waals surface area contributed by atoms with E-state index in [9.17, 15) is 9.18 Å². The van der Waals surface area contributed by atoms with Gasteiger partial charge in [-0.1, -0.05) is 36.4 Å². The van der Waals surface area contributed by atoms with E-state index >= 15 is 0 Å². The van der Waals surface area contributed by atoms with E-state index in [1.807, 2.05) is 18.2 Å². The monoisotopic (exact) mass is 262 g/mol. The third-order valence-electron chi connectivity index (χ3n) is 2.79. The van der Waals surface area contributed by atoms with Crippen molar-refractivity contribution in [3.05, 3.63) is 71.0 Å². The van der Waals surface area contributed by atoms with E-state index in [1.54, 1.807) is 25.1 Å². The first-order valence-electron chi connectivity index (χ1n) is 5.59. The molecular weight excluding hydrogens is 251 g/mol. The smallest absolute Gasteiger partial charge is 0.185 e. The van der Waals surface area contributed by atoms with Crippen LogP contribution in [0.15, 0.2) is 48.5 Å². The number of aryl methyl sites for hydroxylation is 1. The van der Waals surface area contributed by atoms with Gasteiger partial charge >= 0.3 is 0 Å². The first kappa shape index (κ1) is 12.8. The van der Waals surface area contributed by atoms with E-state index in [2.05, 4.69) is 0 Å². The minimum Gasteiger partial charge on any atom is -0.292 e. The van der Waals surface area contributed by atoms with Gasteiger partial charge in [-0.2, -0.15) is 0 Å². The van der Waals surface area contributed by atoms with E-state index < -0.39 is 11.2 Å². The van der Waals surface area contributed by atoms with Crippen molar-refractivity contribution >= 4 is 17.4 Å². The van der Waals surface area contributed by atoms with Crippen LogP contribution in [0.4, 0.5) is 4.39 Å². The molecule has 0 radical (unpaired) electrons. The van der Waals surface area contributed by atoms with Crippen LogP contribution in [0.1, 0.15) is 26.9 Å². The SMILES string of the molecule is Cc1ccc(F)cc1C(=O)C(Cl)c1ccccc1. The largest absolute Gasteiger partial charge is 0.292 e. The number of hydrogen-bond donors (Lipinski definition) is 0. The first-order valence-corrected chi connectivity index (χ1v) is 6.02. The van der Waals surface area contributed by atoms with Crippen molar-refractivity contribution in [3.63, 3.8) is 0 Å². The molecule has 0 bridgehead atoms. The zero-order valence-electron chi connectivity index (χ0n) is 9.86. The van der Waals surface area contributed by atoms with Gasteiger partial charge in [0.15, 0.2) is 5.78 Å². The zero-order valence-corrected chi connectivity index (χ0v) is 10.6. The number of rotatable bonds is 3. The van der Waals surface area contributed by atoms with Gasteiger partial charge in [0.25, 0.3) is 0 Å². The summed E-state index contributed by atoms with van der Waals surface area (Å²) < 4.78 is 13.2. The predicted octanol–water partition coefficient (Wildman–Crippen LogP) is 4.30. The number of Topliss-reactive ketones (excluding diaryl/α,β-unsaturated/α-hetero) is 1. The van der Waals surface area contributed by atoms with Gasteiger partial charge in [0, 0.05) is 5.56 Å². The normalized spacial score (nSPS) is 12.2. The van der Waals surface area contributed by atoms with Gasteiger partial charge in [0.2, 0.25) is 0 Å². The van der Waals surface area contributed by atoms with Crippen LogP contribution in [-0.2, 0) is 0 Å². The highest BCUT2D eigenvalue weighted by Crippen LogP contribution is 2.26. The molecule has 2 aromatic carbocycles. The maximum Gasteiger partial charge on any atom is 0.185 e. The summed E-state index contributed by atoms with van der Waals surface area (Å²) in [7, 11) is 0. The summed E-state index contributed by atoms with van der Waals surface area (Å²) in [5.41, 5.74) is 1.77. The molecule has 2 aromatic rings. The molecule has 2 rings (SSSR count). The lowest BCUT2D eigenvalue weighted by Gasteiger charge is -2.11. The van der Waals surface area contributed by atoms with Gasteiger partial charge in [-0.25, -0.2) is 4.39 Å². The van der Waals surface area contributed by atoms with Gasteiger partial charge in [-0.05, 0) is 30.2 Å². The molecule has 3 heteroatoms. The second kappa shape index (κ2) is 5.32. The average Bonchev–Trinajstić information content (AvgIpc) is 2.41. The Labute approximate surface area is 110 Å². The maximum absolute atomic E-state index is 13.2. The Bertz CT molecular complexity index is 566. The van der Waals surface area contributed by atoms with Crippen molar-refractivity contribution in [1.29, 1.82) is 0 Å². The second-order valence-electron chi connectivity index (χ2n) is 4.10. The molecule has 1 atom stereocenters. The van der Waals surface area contributed by atoms with E-state index in [0.29, 0.717) is 11.1 Å². The number of hydrogen-bond acceptors (Lipinski definition) is 1. The molecule has 1 nitrogen and oxygen atoms in total. The van der Waals surface area contributed by atoms with Crippen LogP contribution >= 0.6 is 11.6 Å². The van der Waals surface area contributed by atoms with Crippen LogP contribution in [0.2, 0.25) is 0 Å². The van der Waals surface area contributed by atoms with Crippen LogP contribution in [0, 0.1) is 12.7 Å². The number of benzene rings is 2. The summed E-state index contributed by atoms with van der Waals surface area (Å²) in [4.78, 5) is 12.2. The van der Waals surface area contributed by atoms with Crippen LogP contribution in [0.25, 0.3) is 0 Å². The summed E-state index contributed by atoms with van der Waals surface area (Å²) in [6.07, 6.45) is 0. The van der Waals surface area contributed by atoms with E-state index in [4.69, 9.17) is 11.6 Å². The highest BCUT2D eigenvalue weighted by Gasteiger charge is 2.21.